The van der Waals surface area contributed by atoms with Crippen LogP contribution in [-0.2, 0) is 4.79 Å². The van der Waals surface area contributed by atoms with Crippen LogP contribution in [0.2, 0.25) is 0 Å². The molecule has 1 saturated carbocycles. The Morgan fingerprint density at radius 3 is 2.81 bits per heavy atom. The molecule has 7 heteroatoms. The van der Waals surface area contributed by atoms with Crippen LogP contribution in [0.3, 0.4) is 0 Å². The van der Waals surface area contributed by atoms with E-state index in [1.807, 2.05) is 11.0 Å². The number of hydrogen-bond acceptors (Lipinski definition) is 5. The van der Waals surface area contributed by atoms with Crippen molar-refractivity contribution >= 4 is 17.5 Å². The highest BCUT2D eigenvalue weighted by atomic mass is 19.1. The Balaban J connectivity index is 1.80. The lowest BCUT2D eigenvalue weighted by atomic mass is 9.80. The third-order valence-electron chi connectivity index (χ3n) is 5.45. The Morgan fingerprint density at radius 2 is 2.15 bits per heavy atom. The van der Waals surface area contributed by atoms with Crippen molar-refractivity contribution in [2.75, 3.05) is 10.2 Å². The van der Waals surface area contributed by atoms with Crippen LogP contribution < -0.4 is 10.2 Å². The van der Waals surface area contributed by atoms with Crippen LogP contribution in [0, 0.1) is 29.0 Å². The number of benzene rings is 1. The van der Waals surface area contributed by atoms with Crippen molar-refractivity contribution in [3.63, 3.8) is 0 Å². The van der Waals surface area contributed by atoms with Crippen molar-refractivity contribution in [2.45, 2.75) is 38.8 Å². The molecule has 1 aromatic carbocycles. The van der Waals surface area contributed by atoms with E-state index >= 15 is 0 Å². The van der Waals surface area contributed by atoms with E-state index < -0.39 is 0 Å². The summed E-state index contributed by atoms with van der Waals surface area (Å²) in [5.74, 6) is 0.412. The van der Waals surface area contributed by atoms with Crippen molar-refractivity contribution in [3.05, 3.63) is 47.5 Å². The maximum atomic E-state index is 14.0. The standard InChI is InChI=1S/C20H20FN5O/c1-11-18(25-20-23-8-7-15(10-22)24-20)16-9-14(21)5-6-17(16)26(12(2)27)19(11)13-3-4-13/h5-9,11,13,18-19H,3-4H2,1-2H3,(H,23,24,25)/t11-,18-,19+/m1/s1. The van der Waals surface area contributed by atoms with Gasteiger partial charge < -0.3 is 10.2 Å². The molecule has 1 fully saturated rings. The van der Waals surface area contributed by atoms with E-state index in [4.69, 9.17) is 5.26 Å². The fraction of sp³-hybridized carbons (Fsp3) is 0.400. The molecule has 0 radical (unpaired) electrons. The number of nitrogens with zero attached hydrogens (tertiary/aromatic N) is 4. The average molecular weight is 365 g/mol. The number of carbonyl (C=O) groups is 1. The number of rotatable bonds is 3. The molecule has 0 spiro atoms. The van der Waals surface area contributed by atoms with Crippen LogP contribution in [0.1, 0.15) is 44.0 Å². The summed E-state index contributed by atoms with van der Waals surface area (Å²) in [4.78, 5) is 22.7. The highest BCUT2D eigenvalue weighted by Gasteiger charge is 2.47. The fourth-order valence-electron chi connectivity index (χ4n) is 4.17. The number of nitrogens with one attached hydrogen (secondary N) is 1. The number of aromatic nitrogens is 2. The minimum absolute atomic E-state index is 0.0324. The fourth-order valence-corrected chi connectivity index (χ4v) is 4.17. The van der Waals surface area contributed by atoms with Gasteiger partial charge in [-0.25, -0.2) is 14.4 Å². The summed E-state index contributed by atoms with van der Waals surface area (Å²) in [5.41, 5.74) is 1.70. The van der Waals surface area contributed by atoms with E-state index in [0.29, 0.717) is 17.4 Å². The van der Waals surface area contributed by atoms with E-state index in [1.54, 1.807) is 13.0 Å². The van der Waals surface area contributed by atoms with Crippen molar-refractivity contribution < 1.29 is 9.18 Å². The predicted octanol–water partition coefficient (Wildman–Crippen LogP) is 3.42. The first kappa shape index (κ1) is 17.4. The molecule has 1 N–H and O–H groups in total. The molecule has 0 unspecified atom stereocenters. The summed E-state index contributed by atoms with van der Waals surface area (Å²) < 4.78 is 14.0. The molecule has 0 saturated heterocycles. The molecule has 2 aliphatic rings. The predicted molar refractivity (Wildman–Crippen MR) is 98.3 cm³/mol. The summed E-state index contributed by atoms with van der Waals surface area (Å²) in [7, 11) is 0. The topological polar surface area (TPSA) is 81.9 Å². The Labute approximate surface area is 157 Å². The normalized spacial score (nSPS) is 24.1. The van der Waals surface area contributed by atoms with Crippen molar-refractivity contribution in [1.82, 2.24) is 9.97 Å². The molecule has 1 amide bonds. The van der Waals surface area contributed by atoms with Gasteiger partial charge in [-0.2, -0.15) is 5.26 Å². The van der Waals surface area contributed by atoms with E-state index in [0.717, 1.165) is 18.5 Å². The zero-order valence-electron chi connectivity index (χ0n) is 15.2. The number of amides is 1. The van der Waals surface area contributed by atoms with Gasteiger partial charge in [0, 0.05) is 36.3 Å². The number of nitriles is 1. The van der Waals surface area contributed by atoms with Gasteiger partial charge in [-0.15, -0.1) is 0 Å². The van der Waals surface area contributed by atoms with Crippen LogP contribution in [-0.4, -0.2) is 21.9 Å². The van der Waals surface area contributed by atoms with Gasteiger partial charge in [0.1, 0.15) is 17.6 Å². The summed E-state index contributed by atoms with van der Waals surface area (Å²) >= 11 is 0. The SMILES string of the molecule is CC(=O)N1c2ccc(F)cc2[C@H](Nc2nccc(C#N)n2)[C@@H](C)[C@H]1C1CC1. The maximum absolute atomic E-state index is 14.0. The molecule has 6 nitrogen and oxygen atoms in total. The van der Waals surface area contributed by atoms with Gasteiger partial charge in [-0.3, -0.25) is 4.79 Å². The number of carbonyl (C=O) groups excluding carboxylic acids is 1. The summed E-state index contributed by atoms with van der Waals surface area (Å²) in [5, 5.41) is 12.4. The van der Waals surface area contributed by atoms with Gasteiger partial charge in [0.2, 0.25) is 11.9 Å². The lowest BCUT2D eigenvalue weighted by Crippen LogP contribution is -2.51. The molecule has 1 aliphatic carbocycles. The Morgan fingerprint density at radius 1 is 1.37 bits per heavy atom. The largest absolute Gasteiger partial charge is 0.347 e. The van der Waals surface area contributed by atoms with Crippen molar-refractivity contribution in [3.8, 4) is 6.07 Å². The van der Waals surface area contributed by atoms with Crippen molar-refractivity contribution in [2.24, 2.45) is 11.8 Å². The number of hydrogen-bond donors (Lipinski definition) is 1. The zero-order chi connectivity index (χ0) is 19.1. The summed E-state index contributed by atoms with van der Waals surface area (Å²) in [6.45, 7) is 3.63. The average Bonchev–Trinajstić information content (AvgIpc) is 3.48. The van der Waals surface area contributed by atoms with E-state index in [-0.39, 0.29) is 35.4 Å². The van der Waals surface area contributed by atoms with Gasteiger partial charge in [0.05, 0.1) is 6.04 Å². The van der Waals surface area contributed by atoms with Crippen LogP contribution in [0.15, 0.2) is 30.5 Å². The highest BCUT2D eigenvalue weighted by Crippen LogP contribution is 2.49. The van der Waals surface area contributed by atoms with E-state index in [2.05, 4.69) is 22.2 Å². The molecular weight excluding hydrogens is 345 g/mol. The third kappa shape index (κ3) is 3.12. The molecule has 2 heterocycles. The van der Waals surface area contributed by atoms with Gasteiger partial charge in [-0.05, 0) is 43.0 Å². The molecule has 0 bridgehead atoms. The minimum Gasteiger partial charge on any atom is -0.347 e. The number of halogens is 1. The molecule has 2 aromatic rings. The van der Waals surface area contributed by atoms with Crippen LogP contribution in [0.5, 0.6) is 0 Å². The first-order valence-corrected chi connectivity index (χ1v) is 9.08. The van der Waals surface area contributed by atoms with Gasteiger partial charge in [-0.1, -0.05) is 6.92 Å². The van der Waals surface area contributed by atoms with Crippen LogP contribution in [0.25, 0.3) is 0 Å². The second-order valence-electron chi connectivity index (χ2n) is 7.28. The summed E-state index contributed by atoms with van der Waals surface area (Å²) in [6, 6.07) is 7.85. The quantitative estimate of drug-likeness (QED) is 0.901. The smallest absolute Gasteiger partial charge is 0.224 e. The molecule has 1 aliphatic heterocycles. The molecule has 1 aromatic heterocycles. The van der Waals surface area contributed by atoms with Crippen molar-refractivity contribution in [1.29, 1.82) is 5.26 Å². The maximum Gasteiger partial charge on any atom is 0.224 e. The van der Waals surface area contributed by atoms with Gasteiger partial charge in [0.25, 0.3) is 0 Å². The number of anilines is 2. The zero-order valence-corrected chi connectivity index (χ0v) is 15.2. The first-order valence-electron chi connectivity index (χ1n) is 9.08. The lowest BCUT2D eigenvalue weighted by Gasteiger charge is -2.45. The summed E-state index contributed by atoms with van der Waals surface area (Å²) in [6.07, 6.45) is 3.69. The van der Waals surface area contributed by atoms with E-state index in [9.17, 15) is 9.18 Å². The van der Waals surface area contributed by atoms with Gasteiger partial charge in [0.15, 0.2) is 0 Å². The molecular formula is C20H20FN5O. The minimum atomic E-state index is -0.354. The first-order chi connectivity index (χ1) is 13.0. The Bertz CT molecular complexity index is 936. The second-order valence-corrected chi connectivity index (χ2v) is 7.28. The molecule has 27 heavy (non-hydrogen) atoms. The van der Waals surface area contributed by atoms with Crippen LogP contribution in [0.4, 0.5) is 16.0 Å². The monoisotopic (exact) mass is 365 g/mol. The Kier molecular flexibility index (Phi) is 4.27. The van der Waals surface area contributed by atoms with Gasteiger partial charge >= 0.3 is 0 Å². The third-order valence-corrected chi connectivity index (χ3v) is 5.45. The molecule has 138 valence electrons. The second kappa shape index (κ2) is 6.62. The van der Waals surface area contributed by atoms with E-state index in [1.165, 1.54) is 24.4 Å². The molecule has 3 atom stereocenters. The number of fused-ring (bicyclic) bond motifs is 1. The Hall–Kier alpha value is -3.01. The lowest BCUT2D eigenvalue weighted by molar-refractivity contribution is -0.117. The molecule has 4 rings (SSSR count). The van der Waals surface area contributed by atoms with Crippen LogP contribution >= 0.6 is 0 Å². The highest BCUT2D eigenvalue weighted by molar-refractivity contribution is 5.94.